The summed E-state index contributed by atoms with van der Waals surface area (Å²) >= 11 is 0. The fourth-order valence-electron chi connectivity index (χ4n) is 1.92. The lowest BCUT2D eigenvalue weighted by molar-refractivity contribution is 0.629. The zero-order valence-electron chi connectivity index (χ0n) is 9.02. The van der Waals surface area contributed by atoms with Crippen LogP contribution in [0.1, 0.15) is 64.7 Å². The Morgan fingerprint density at radius 1 is 1.23 bits per heavy atom. The first kappa shape index (κ1) is 10.8. The van der Waals surface area contributed by atoms with Crippen molar-refractivity contribution in [1.29, 1.82) is 0 Å². The molecule has 0 heterocycles. The summed E-state index contributed by atoms with van der Waals surface area (Å²) in [7, 11) is 0. The number of unbranched alkanes of at least 4 members (excludes halogenated alkanes) is 5. The van der Waals surface area contributed by atoms with Crippen LogP contribution in [-0.4, -0.2) is 0 Å². The van der Waals surface area contributed by atoms with Gasteiger partial charge in [0, 0.05) is 0 Å². The van der Waals surface area contributed by atoms with Crippen LogP contribution < -0.4 is 0 Å². The highest BCUT2D eigenvalue weighted by atomic mass is 14.1. The molecule has 0 unspecified atom stereocenters. The van der Waals surface area contributed by atoms with Crippen LogP contribution in [0.2, 0.25) is 0 Å². The fraction of sp³-hybridized carbons (Fsp3) is 0.769. The van der Waals surface area contributed by atoms with Crippen molar-refractivity contribution in [2.24, 2.45) is 0 Å². The maximum atomic E-state index is 2.46. The second kappa shape index (κ2) is 7.17. The van der Waals surface area contributed by atoms with Gasteiger partial charge >= 0.3 is 0 Å². The van der Waals surface area contributed by atoms with Crippen LogP contribution in [0.4, 0.5) is 0 Å². The molecular weight excluding hydrogens is 156 g/mol. The first-order valence-corrected chi connectivity index (χ1v) is 5.95. The van der Waals surface area contributed by atoms with Crippen molar-refractivity contribution < 1.29 is 0 Å². The molecule has 1 aliphatic rings. The highest BCUT2D eigenvalue weighted by Crippen LogP contribution is 2.22. The molecule has 0 atom stereocenters. The van der Waals surface area contributed by atoms with E-state index < -0.39 is 0 Å². The summed E-state index contributed by atoms with van der Waals surface area (Å²) in [5.41, 5.74) is 1.62. The van der Waals surface area contributed by atoms with E-state index in [2.05, 4.69) is 19.4 Å². The minimum Gasteiger partial charge on any atom is -0.0850 e. The van der Waals surface area contributed by atoms with Crippen LogP contribution in [0.5, 0.6) is 0 Å². The lowest BCUT2D eigenvalue weighted by Gasteiger charge is -2.01. The van der Waals surface area contributed by atoms with Crippen molar-refractivity contribution in [3.8, 4) is 0 Å². The van der Waals surface area contributed by atoms with Gasteiger partial charge in [0.25, 0.3) is 0 Å². The van der Waals surface area contributed by atoms with E-state index in [1.165, 1.54) is 57.8 Å². The van der Waals surface area contributed by atoms with E-state index in [1.54, 1.807) is 5.57 Å². The molecule has 0 nitrogen and oxygen atoms in total. The first-order valence-electron chi connectivity index (χ1n) is 5.95. The Kier molecular flexibility index (Phi) is 5.97. The molecule has 75 valence electrons. The highest BCUT2D eigenvalue weighted by Gasteiger charge is 2.03. The third-order valence-corrected chi connectivity index (χ3v) is 2.79. The van der Waals surface area contributed by atoms with Crippen molar-refractivity contribution in [3.05, 3.63) is 18.1 Å². The fourth-order valence-corrected chi connectivity index (χ4v) is 1.92. The highest BCUT2D eigenvalue weighted by molar-refractivity contribution is 5.16. The Balaban J connectivity index is 1.83. The Morgan fingerprint density at radius 2 is 2.08 bits per heavy atom. The molecule has 0 N–H and O–H groups in total. The first-order chi connectivity index (χ1) is 6.43. The van der Waals surface area contributed by atoms with E-state index >= 15 is 0 Å². The van der Waals surface area contributed by atoms with Crippen LogP contribution >= 0.6 is 0 Å². The van der Waals surface area contributed by atoms with Crippen molar-refractivity contribution in [2.45, 2.75) is 64.7 Å². The molecule has 13 heavy (non-hydrogen) atoms. The molecule has 1 radical (unpaired) electrons. The monoisotopic (exact) mass is 179 g/mol. The summed E-state index contributed by atoms with van der Waals surface area (Å²) in [4.78, 5) is 0. The smallest absolute Gasteiger partial charge is 0.0138 e. The Labute approximate surface area is 83.4 Å². The van der Waals surface area contributed by atoms with Gasteiger partial charge in [-0.1, -0.05) is 50.7 Å². The third kappa shape index (κ3) is 5.13. The van der Waals surface area contributed by atoms with Gasteiger partial charge in [0.2, 0.25) is 0 Å². The van der Waals surface area contributed by atoms with Gasteiger partial charge in [-0.15, -0.1) is 0 Å². The van der Waals surface area contributed by atoms with E-state index in [-0.39, 0.29) is 0 Å². The largest absolute Gasteiger partial charge is 0.0850 e. The molecule has 0 spiro atoms. The number of hydrogen-bond acceptors (Lipinski definition) is 0. The molecule has 0 heteroatoms. The summed E-state index contributed by atoms with van der Waals surface area (Å²) in [6, 6.07) is 0. The molecule has 0 amide bonds. The standard InChI is InChI=1S/C13H23/c1-2-3-4-5-6-7-10-13-11-8-9-12-13/h10-11H,2-9,12H2,1H3. The average Bonchev–Trinajstić information content (AvgIpc) is 2.63. The molecule has 1 aliphatic carbocycles. The maximum absolute atomic E-state index is 2.46. The summed E-state index contributed by atoms with van der Waals surface area (Å²) in [5, 5.41) is 0. The Hall–Kier alpha value is -0.260. The summed E-state index contributed by atoms with van der Waals surface area (Å²) < 4.78 is 0. The SMILES string of the molecule is CCCCCCC[CH]C1=CCCC1. The number of hydrogen-bond donors (Lipinski definition) is 0. The molecule has 0 saturated carbocycles. The van der Waals surface area contributed by atoms with Crippen molar-refractivity contribution in [2.75, 3.05) is 0 Å². The minimum atomic E-state index is 1.32. The number of allylic oxidation sites excluding steroid dienone is 2. The van der Waals surface area contributed by atoms with Crippen LogP contribution in [0.15, 0.2) is 11.6 Å². The molecule has 0 aromatic carbocycles. The quantitative estimate of drug-likeness (QED) is 0.498. The Morgan fingerprint density at radius 3 is 2.77 bits per heavy atom. The third-order valence-electron chi connectivity index (χ3n) is 2.79. The number of rotatable bonds is 7. The zero-order chi connectivity index (χ0) is 9.36. The molecule has 0 aromatic heterocycles. The van der Waals surface area contributed by atoms with Gasteiger partial charge in [-0.2, -0.15) is 0 Å². The lowest BCUT2D eigenvalue weighted by atomic mass is 10.1. The summed E-state index contributed by atoms with van der Waals surface area (Å²) in [5.74, 6) is 0. The molecule has 0 aromatic rings. The minimum absolute atomic E-state index is 1.32. The van der Waals surface area contributed by atoms with E-state index in [0.29, 0.717) is 0 Å². The van der Waals surface area contributed by atoms with Gasteiger partial charge in [0.1, 0.15) is 0 Å². The zero-order valence-corrected chi connectivity index (χ0v) is 9.02. The van der Waals surface area contributed by atoms with Crippen molar-refractivity contribution >= 4 is 0 Å². The molecule has 1 rings (SSSR count). The van der Waals surface area contributed by atoms with Gasteiger partial charge in [-0.05, 0) is 32.1 Å². The molecular formula is C13H23. The van der Waals surface area contributed by atoms with Crippen molar-refractivity contribution in [3.63, 3.8) is 0 Å². The van der Waals surface area contributed by atoms with Gasteiger partial charge in [0.05, 0.1) is 0 Å². The predicted octanol–water partition coefficient (Wildman–Crippen LogP) is 4.66. The van der Waals surface area contributed by atoms with E-state index in [0.717, 1.165) is 0 Å². The lowest BCUT2D eigenvalue weighted by Crippen LogP contribution is -1.83. The van der Waals surface area contributed by atoms with Crippen LogP contribution in [-0.2, 0) is 0 Å². The molecule has 0 saturated heterocycles. The average molecular weight is 179 g/mol. The second-order valence-electron chi connectivity index (χ2n) is 4.08. The molecule has 0 fully saturated rings. The van der Waals surface area contributed by atoms with Gasteiger partial charge in [-0.3, -0.25) is 0 Å². The summed E-state index contributed by atoms with van der Waals surface area (Å²) in [6.07, 6.45) is 17.3. The van der Waals surface area contributed by atoms with E-state index in [9.17, 15) is 0 Å². The Bertz CT molecular complexity index is 144. The normalized spacial score (nSPS) is 16.2. The summed E-state index contributed by atoms with van der Waals surface area (Å²) in [6.45, 7) is 2.27. The topological polar surface area (TPSA) is 0 Å². The van der Waals surface area contributed by atoms with Gasteiger partial charge in [0.15, 0.2) is 0 Å². The van der Waals surface area contributed by atoms with Crippen LogP contribution in [0, 0.1) is 6.42 Å². The van der Waals surface area contributed by atoms with E-state index in [4.69, 9.17) is 0 Å². The molecule has 0 aliphatic heterocycles. The van der Waals surface area contributed by atoms with Crippen LogP contribution in [0.25, 0.3) is 0 Å². The van der Waals surface area contributed by atoms with Gasteiger partial charge in [-0.25, -0.2) is 0 Å². The van der Waals surface area contributed by atoms with Crippen LogP contribution in [0.3, 0.4) is 0 Å². The molecule has 0 bridgehead atoms. The second-order valence-corrected chi connectivity index (χ2v) is 4.08. The predicted molar refractivity (Wildman–Crippen MR) is 59.6 cm³/mol. The maximum Gasteiger partial charge on any atom is -0.0138 e. The van der Waals surface area contributed by atoms with Crippen molar-refractivity contribution in [1.82, 2.24) is 0 Å². The van der Waals surface area contributed by atoms with Gasteiger partial charge < -0.3 is 0 Å². The van der Waals surface area contributed by atoms with E-state index in [1.807, 2.05) is 0 Å².